The number of carboxylic acid groups (broad SMARTS) is 1. The minimum atomic E-state index is -0.833. The van der Waals surface area contributed by atoms with Crippen LogP contribution in [-0.2, 0) is 4.79 Å². The van der Waals surface area contributed by atoms with Crippen LogP contribution < -0.4 is 0 Å². The molecule has 1 aromatic carbocycles. The van der Waals surface area contributed by atoms with Crippen molar-refractivity contribution in [3.05, 3.63) is 30.7 Å². The van der Waals surface area contributed by atoms with E-state index in [-0.39, 0.29) is 30.7 Å². The molecular formula is C9H5Cl5O3. The van der Waals surface area contributed by atoms with Gasteiger partial charge in [0.25, 0.3) is 5.97 Å². The Labute approximate surface area is 122 Å². The van der Waals surface area contributed by atoms with Crippen molar-refractivity contribution >= 4 is 70.3 Å². The first-order valence-corrected chi connectivity index (χ1v) is 5.79. The average Bonchev–Trinajstić information content (AvgIpc) is 2.24. The van der Waals surface area contributed by atoms with E-state index in [4.69, 9.17) is 67.9 Å². The van der Waals surface area contributed by atoms with Crippen molar-refractivity contribution < 1.29 is 14.7 Å². The second-order valence-electron chi connectivity index (χ2n) is 2.62. The van der Waals surface area contributed by atoms with Gasteiger partial charge in [0, 0.05) is 6.92 Å². The summed E-state index contributed by atoms with van der Waals surface area (Å²) in [4.78, 5) is 19.5. The molecule has 0 heterocycles. The quantitative estimate of drug-likeness (QED) is 0.452. The van der Waals surface area contributed by atoms with Gasteiger partial charge in [-0.2, -0.15) is 0 Å². The Bertz CT molecular complexity index is 425. The van der Waals surface area contributed by atoms with Crippen LogP contribution in [0.3, 0.4) is 0 Å². The summed E-state index contributed by atoms with van der Waals surface area (Å²) in [5.74, 6) is -0.833. The van der Waals surface area contributed by atoms with E-state index >= 15 is 0 Å². The van der Waals surface area contributed by atoms with Crippen LogP contribution in [0.4, 0.5) is 0 Å². The van der Waals surface area contributed by atoms with Crippen LogP contribution in [0.1, 0.15) is 17.3 Å². The highest BCUT2D eigenvalue weighted by Crippen LogP contribution is 2.42. The Morgan fingerprint density at radius 2 is 1.18 bits per heavy atom. The topological polar surface area (TPSA) is 54.4 Å². The second-order valence-corrected chi connectivity index (χ2v) is 4.51. The zero-order chi connectivity index (χ0) is 13.7. The van der Waals surface area contributed by atoms with E-state index in [1.165, 1.54) is 0 Å². The molecule has 0 aromatic heterocycles. The van der Waals surface area contributed by atoms with Gasteiger partial charge in [-0.3, -0.25) is 9.59 Å². The largest absolute Gasteiger partial charge is 0.481 e. The predicted octanol–water partition coefficient (Wildman–Crippen LogP) is 4.86. The number of carboxylic acids is 1. The van der Waals surface area contributed by atoms with Gasteiger partial charge < -0.3 is 5.11 Å². The van der Waals surface area contributed by atoms with Crippen LogP contribution in [-0.4, -0.2) is 17.4 Å². The molecule has 0 radical (unpaired) electrons. The van der Waals surface area contributed by atoms with Crippen molar-refractivity contribution in [2.24, 2.45) is 0 Å². The molecule has 1 rings (SSSR count). The lowest BCUT2D eigenvalue weighted by atomic mass is 10.2. The molecule has 1 N–H and O–H groups in total. The molecule has 1 aromatic rings. The van der Waals surface area contributed by atoms with Gasteiger partial charge in [-0.25, -0.2) is 0 Å². The Morgan fingerprint density at radius 3 is 1.41 bits per heavy atom. The van der Waals surface area contributed by atoms with Crippen molar-refractivity contribution in [1.82, 2.24) is 0 Å². The summed E-state index contributed by atoms with van der Waals surface area (Å²) < 4.78 is 0. The summed E-state index contributed by atoms with van der Waals surface area (Å²) in [6.45, 7) is 1.08. The Balaban J connectivity index is 0.000000557. The molecule has 0 aliphatic rings. The lowest BCUT2D eigenvalue weighted by Gasteiger charge is -2.06. The van der Waals surface area contributed by atoms with E-state index in [0.717, 1.165) is 6.92 Å². The van der Waals surface area contributed by atoms with Crippen molar-refractivity contribution in [2.75, 3.05) is 0 Å². The molecule has 0 fully saturated rings. The van der Waals surface area contributed by atoms with Gasteiger partial charge in [0.15, 0.2) is 6.29 Å². The monoisotopic (exact) mass is 336 g/mol. The first-order valence-electron chi connectivity index (χ1n) is 3.90. The number of hydrogen-bond acceptors (Lipinski definition) is 2. The van der Waals surface area contributed by atoms with Gasteiger partial charge in [0.05, 0.1) is 30.7 Å². The van der Waals surface area contributed by atoms with Gasteiger partial charge in [0.1, 0.15) is 0 Å². The van der Waals surface area contributed by atoms with E-state index in [9.17, 15) is 4.79 Å². The number of rotatable bonds is 1. The molecule has 3 nitrogen and oxygen atoms in total. The smallest absolute Gasteiger partial charge is 0.300 e. The summed E-state index contributed by atoms with van der Waals surface area (Å²) in [6, 6.07) is 0. The molecule has 0 amide bonds. The molecule has 94 valence electrons. The van der Waals surface area contributed by atoms with Gasteiger partial charge in [-0.15, -0.1) is 0 Å². The van der Waals surface area contributed by atoms with Crippen molar-refractivity contribution in [2.45, 2.75) is 6.92 Å². The number of aliphatic carboxylic acids is 1. The third-order valence-electron chi connectivity index (χ3n) is 1.36. The standard InChI is InChI=1S/C7HCl5O.C2H4O2/c8-3-2(1-13)4(9)6(11)7(12)5(3)10;1-2(3)4/h1H;1H3,(H,3,4). The molecule has 17 heavy (non-hydrogen) atoms. The average molecular weight is 338 g/mol. The van der Waals surface area contributed by atoms with E-state index in [1.54, 1.807) is 0 Å². The lowest BCUT2D eigenvalue weighted by molar-refractivity contribution is -0.134. The fourth-order valence-electron chi connectivity index (χ4n) is 0.725. The van der Waals surface area contributed by atoms with E-state index < -0.39 is 5.97 Å². The second kappa shape index (κ2) is 7.29. The number of benzene rings is 1. The first-order chi connectivity index (χ1) is 7.73. The molecule has 0 saturated heterocycles. The first kappa shape index (κ1) is 16.8. The van der Waals surface area contributed by atoms with Crippen LogP contribution in [0.25, 0.3) is 0 Å². The zero-order valence-electron chi connectivity index (χ0n) is 8.23. The van der Waals surface area contributed by atoms with Crippen molar-refractivity contribution in [3.8, 4) is 0 Å². The third-order valence-corrected chi connectivity index (χ3v) is 3.67. The maximum atomic E-state index is 10.5. The highest BCUT2D eigenvalue weighted by Gasteiger charge is 2.18. The summed E-state index contributed by atoms with van der Waals surface area (Å²) in [5, 5.41) is 7.54. The summed E-state index contributed by atoms with van der Waals surface area (Å²) in [6.07, 6.45) is 0.471. The molecule has 0 aliphatic heterocycles. The van der Waals surface area contributed by atoms with E-state index in [0.29, 0.717) is 6.29 Å². The highest BCUT2D eigenvalue weighted by molar-refractivity contribution is 6.56. The van der Waals surface area contributed by atoms with Gasteiger partial charge in [-0.05, 0) is 0 Å². The van der Waals surface area contributed by atoms with Gasteiger partial charge in [0.2, 0.25) is 0 Å². The number of carbonyl (C=O) groups excluding carboxylic acids is 1. The summed E-state index contributed by atoms with van der Waals surface area (Å²) >= 11 is 28.4. The molecule has 0 unspecified atom stereocenters. The molecule has 8 heteroatoms. The maximum absolute atomic E-state index is 10.5. The zero-order valence-corrected chi connectivity index (χ0v) is 12.0. The van der Waals surface area contributed by atoms with Crippen LogP contribution >= 0.6 is 58.0 Å². The van der Waals surface area contributed by atoms with Crippen LogP contribution in [0.5, 0.6) is 0 Å². The Kier molecular flexibility index (Phi) is 7.21. The number of aldehydes is 1. The normalized spacial score (nSPS) is 9.29. The van der Waals surface area contributed by atoms with E-state index in [1.807, 2.05) is 0 Å². The van der Waals surface area contributed by atoms with Gasteiger partial charge in [-0.1, -0.05) is 58.0 Å². The van der Waals surface area contributed by atoms with Gasteiger partial charge >= 0.3 is 0 Å². The van der Waals surface area contributed by atoms with Crippen LogP contribution in [0, 0.1) is 0 Å². The minimum absolute atomic E-state index is 0.0102. The number of carbonyl (C=O) groups is 2. The Hall–Kier alpha value is -0.190. The summed E-state index contributed by atoms with van der Waals surface area (Å²) in [7, 11) is 0. The molecule has 0 saturated carbocycles. The van der Waals surface area contributed by atoms with Crippen molar-refractivity contribution in [1.29, 1.82) is 0 Å². The molecular weight excluding hydrogens is 333 g/mol. The predicted molar refractivity (Wildman–Crippen MR) is 70.2 cm³/mol. The third kappa shape index (κ3) is 4.53. The Morgan fingerprint density at radius 1 is 0.941 bits per heavy atom. The fourth-order valence-corrected chi connectivity index (χ4v) is 1.97. The molecule has 0 bridgehead atoms. The van der Waals surface area contributed by atoms with E-state index in [2.05, 4.69) is 0 Å². The lowest BCUT2D eigenvalue weighted by Crippen LogP contribution is -1.88. The highest BCUT2D eigenvalue weighted by atomic mass is 35.5. The van der Waals surface area contributed by atoms with Crippen molar-refractivity contribution in [3.63, 3.8) is 0 Å². The SMILES string of the molecule is CC(=O)O.O=Cc1c(Cl)c(Cl)c(Cl)c(Cl)c1Cl. The minimum Gasteiger partial charge on any atom is -0.481 e. The molecule has 0 spiro atoms. The number of hydrogen-bond donors (Lipinski definition) is 1. The number of halogens is 5. The van der Waals surface area contributed by atoms with Crippen LogP contribution in [0.15, 0.2) is 0 Å². The summed E-state index contributed by atoms with van der Waals surface area (Å²) in [5.41, 5.74) is 0.0442. The molecule has 0 aliphatic carbocycles. The molecule has 0 atom stereocenters. The fraction of sp³-hybridized carbons (Fsp3) is 0.111. The van der Waals surface area contributed by atoms with Crippen LogP contribution in [0.2, 0.25) is 25.1 Å². The maximum Gasteiger partial charge on any atom is 0.300 e.